The lowest BCUT2D eigenvalue weighted by Crippen LogP contribution is -2.33. The second-order valence-corrected chi connectivity index (χ2v) is 8.62. The molecule has 2 atom stereocenters. The molecule has 0 radical (unpaired) electrons. The van der Waals surface area contributed by atoms with E-state index in [1.807, 2.05) is 0 Å². The molecule has 32 heavy (non-hydrogen) atoms. The molecule has 9 nitrogen and oxygen atoms in total. The van der Waals surface area contributed by atoms with Gasteiger partial charge in [0.05, 0.1) is 16.9 Å². The minimum Gasteiger partial charge on any atom is -0.354 e. The number of hydrogen-bond donors (Lipinski definition) is 2. The molecule has 1 amide bonds. The Bertz CT molecular complexity index is 1180. The van der Waals surface area contributed by atoms with Crippen LogP contribution in [0.5, 0.6) is 0 Å². The van der Waals surface area contributed by atoms with Crippen LogP contribution in [0, 0.1) is 0 Å². The highest BCUT2D eigenvalue weighted by atomic mass is 35.5. The van der Waals surface area contributed by atoms with E-state index in [9.17, 15) is 22.8 Å². The van der Waals surface area contributed by atoms with Crippen LogP contribution in [0.1, 0.15) is 37.1 Å². The van der Waals surface area contributed by atoms with Crippen molar-refractivity contribution in [3.05, 3.63) is 28.4 Å². The van der Waals surface area contributed by atoms with Crippen LogP contribution in [-0.4, -0.2) is 44.2 Å². The predicted molar refractivity (Wildman–Crippen MR) is 110 cm³/mol. The second-order valence-electron chi connectivity index (χ2n) is 7.23. The largest absolute Gasteiger partial charge is 0.493 e. The van der Waals surface area contributed by atoms with Crippen molar-refractivity contribution in [2.45, 2.75) is 44.3 Å². The van der Waals surface area contributed by atoms with Crippen molar-refractivity contribution in [1.29, 1.82) is 0 Å². The Balaban J connectivity index is 1.48. The maximum Gasteiger partial charge on any atom is 0.493 e. The molecule has 14 heteroatoms. The minimum absolute atomic E-state index is 0.0585. The number of amides is 1. The third-order valence-corrected chi connectivity index (χ3v) is 6.34. The molecule has 1 aromatic carbocycles. The van der Waals surface area contributed by atoms with Crippen LogP contribution in [0.15, 0.2) is 18.3 Å². The number of nitrogens with one attached hydrogen (secondary N) is 2. The molecule has 0 unspecified atom stereocenters. The molecular weight excluding hydrogens is 473 g/mol. The van der Waals surface area contributed by atoms with Gasteiger partial charge in [-0.05, 0) is 31.4 Å². The first-order chi connectivity index (χ1) is 15.1. The van der Waals surface area contributed by atoms with E-state index >= 15 is 0 Å². The van der Waals surface area contributed by atoms with Gasteiger partial charge in [0.1, 0.15) is 10.5 Å². The number of halogens is 4. The Hall–Kier alpha value is -2.93. The summed E-state index contributed by atoms with van der Waals surface area (Å²) in [5.41, 5.74) is 0.525. The molecule has 0 aliphatic heterocycles. The van der Waals surface area contributed by atoms with E-state index in [4.69, 9.17) is 11.6 Å². The quantitative estimate of drug-likeness (QED) is 0.564. The Morgan fingerprint density at radius 2 is 2.06 bits per heavy atom. The van der Waals surface area contributed by atoms with E-state index < -0.39 is 12.1 Å². The molecular formula is C18H16ClF3N6O3S. The highest BCUT2D eigenvalue weighted by Gasteiger charge is 2.42. The van der Waals surface area contributed by atoms with E-state index in [1.54, 1.807) is 0 Å². The van der Waals surface area contributed by atoms with Gasteiger partial charge in [-0.1, -0.05) is 27.8 Å². The number of anilines is 2. The smallest absolute Gasteiger partial charge is 0.354 e. The average Bonchev–Trinajstić information content (AvgIpc) is 3.43. The molecule has 0 spiro atoms. The van der Waals surface area contributed by atoms with Crippen LogP contribution in [0.2, 0.25) is 5.02 Å². The third kappa shape index (κ3) is 4.63. The van der Waals surface area contributed by atoms with Gasteiger partial charge in [-0.3, -0.25) is 4.79 Å². The first-order valence-electron chi connectivity index (χ1n) is 9.45. The lowest BCUT2D eigenvalue weighted by Gasteiger charge is -2.10. The van der Waals surface area contributed by atoms with E-state index in [1.165, 1.54) is 36.6 Å². The van der Waals surface area contributed by atoms with Crippen LogP contribution in [0.25, 0.3) is 10.9 Å². The van der Waals surface area contributed by atoms with Gasteiger partial charge in [-0.2, -0.15) is 13.2 Å². The van der Waals surface area contributed by atoms with Gasteiger partial charge in [0.25, 0.3) is 0 Å². The van der Waals surface area contributed by atoms with Gasteiger partial charge in [0, 0.05) is 24.3 Å². The topological polar surface area (TPSA) is 111 Å². The number of aromatic nitrogens is 4. The summed E-state index contributed by atoms with van der Waals surface area (Å²) in [7, 11) is 0. The molecule has 2 heterocycles. The Morgan fingerprint density at radius 1 is 1.28 bits per heavy atom. The first kappa shape index (κ1) is 22.3. The van der Waals surface area contributed by atoms with Crippen LogP contribution in [0.3, 0.4) is 0 Å². The number of rotatable bonds is 5. The van der Waals surface area contributed by atoms with Crippen molar-refractivity contribution < 1.29 is 27.6 Å². The maximum atomic E-state index is 12.4. The summed E-state index contributed by atoms with van der Waals surface area (Å²) in [4.78, 5) is 27.0. The fourth-order valence-corrected chi connectivity index (χ4v) is 4.69. The van der Waals surface area contributed by atoms with Crippen molar-refractivity contribution in [2.75, 3.05) is 5.32 Å². The van der Waals surface area contributed by atoms with Gasteiger partial charge in [-0.25, -0.2) is 4.79 Å². The van der Waals surface area contributed by atoms with Crippen molar-refractivity contribution in [2.24, 2.45) is 0 Å². The number of hydrogen-bond acceptors (Lipinski definition) is 8. The molecule has 4 rings (SSSR count). The predicted octanol–water partition coefficient (Wildman–Crippen LogP) is 3.57. The zero-order valence-electron chi connectivity index (χ0n) is 16.4. The standard InChI is InChI=1S/C18H16ClF3N6O3S/c1-8(29)24-10-3-2-9(6-10)15-26-27-17(32-15)25-12-4-5-13-11(14(12)19)7-23-28(13)31-16(30)18(20,21)22/h4-5,7,9-10H,2-3,6H2,1H3,(H,24,29)(H,25,27)/t9-,10+/m1/s1. The summed E-state index contributed by atoms with van der Waals surface area (Å²) in [5.74, 6) is -2.26. The van der Waals surface area contributed by atoms with Crippen molar-refractivity contribution >= 4 is 56.5 Å². The summed E-state index contributed by atoms with van der Waals surface area (Å²) < 4.78 is 37.3. The van der Waals surface area contributed by atoms with Gasteiger partial charge < -0.3 is 15.5 Å². The maximum absolute atomic E-state index is 12.4. The number of fused-ring (bicyclic) bond motifs is 1. The highest BCUT2D eigenvalue weighted by molar-refractivity contribution is 7.15. The molecule has 1 fully saturated rings. The minimum atomic E-state index is -5.15. The van der Waals surface area contributed by atoms with Crippen LogP contribution < -0.4 is 15.5 Å². The highest BCUT2D eigenvalue weighted by Crippen LogP contribution is 2.38. The van der Waals surface area contributed by atoms with Gasteiger partial charge >= 0.3 is 12.1 Å². The number of carbonyl (C=O) groups is 2. The summed E-state index contributed by atoms with van der Waals surface area (Å²) in [6.45, 7) is 1.49. The number of carbonyl (C=O) groups excluding carboxylic acids is 2. The average molecular weight is 489 g/mol. The summed E-state index contributed by atoms with van der Waals surface area (Å²) in [6.07, 6.45) is -1.41. The number of benzene rings is 1. The Morgan fingerprint density at radius 3 is 2.78 bits per heavy atom. The molecule has 0 bridgehead atoms. The summed E-state index contributed by atoms with van der Waals surface area (Å²) in [5, 5.41) is 19.7. The molecule has 1 aliphatic rings. The van der Waals surface area contributed by atoms with Crippen molar-refractivity contribution in [3.63, 3.8) is 0 Å². The van der Waals surface area contributed by atoms with Gasteiger partial charge in [0.15, 0.2) is 0 Å². The Labute approximate surface area is 187 Å². The van der Waals surface area contributed by atoms with Gasteiger partial charge in [-0.15, -0.1) is 15.3 Å². The lowest BCUT2D eigenvalue weighted by atomic mass is 10.1. The molecule has 170 valence electrons. The molecule has 3 aromatic rings. The number of nitrogens with zero attached hydrogens (tertiary/aromatic N) is 4. The van der Waals surface area contributed by atoms with Crippen molar-refractivity contribution in [3.8, 4) is 0 Å². The SMILES string of the molecule is CC(=O)N[C@H]1CC[C@@H](c2nnc(Nc3ccc4c(cnn4OC(=O)C(F)(F)F)c3Cl)s2)C1. The monoisotopic (exact) mass is 488 g/mol. The third-order valence-electron chi connectivity index (χ3n) is 4.93. The fourth-order valence-electron chi connectivity index (χ4n) is 3.53. The summed E-state index contributed by atoms with van der Waals surface area (Å²) >= 11 is 7.73. The molecule has 1 aliphatic carbocycles. The van der Waals surface area contributed by atoms with Crippen LogP contribution in [-0.2, 0) is 9.59 Å². The molecule has 1 saturated carbocycles. The lowest BCUT2D eigenvalue weighted by molar-refractivity contribution is -0.200. The van der Waals surface area contributed by atoms with Crippen LogP contribution >= 0.6 is 22.9 Å². The number of alkyl halides is 3. The zero-order valence-corrected chi connectivity index (χ0v) is 18.0. The van der Waals surface area contributed by atoms with E-state index in [2.05, 4.69) is 30.8 Å². The fraction of sp³-hybridized carbons (Fsp3) is 0.389. The normalized spacial score (nSPS) is 18.7. The second kappa shape index (κ2) is 8.54. The zero-order chi connectivity index (χ0) is 23.0. The van der Waals surface area contributed by atoms with Crippen molar-refractivity contribution in [1.82, 2.24) is 25.5 Å². The van der Waals surface area contributed by atoms with Crippen LogP contribution in [0.4, 0.5) is 24.0 Å². The van der Waals surface area contributed by atoms with Gasteiger partial charge in [0.2, 0.25) is 11.0 Å². The molecule has 0 saturated heterocycles. The molecule has 2 aromatic heterocycles. The summed E-state index contributed by atoms with van der Waals surface area (Å²) in [6, 6.07) is 3.04. The Kier molecular flexibility index (Phi) is 5.95. The molecule has 2 N–H and O–H groups in total. The van der Waals surface area contributed by atoms with E-state index in [-0.39, 0.29) is 33.8 Å². The van der Waals surface area contributed by atoms with E-state index in [0.717, 1.165) is 24.3 Å². The first-order valence-corrected chi connectivity index (χ1v) is 10.6. The van der Waals surface area contributed by atoms with E-state index in [0.29, 0.717) is 15.7 Å².